The molecular weight excluding hydrogens is 178 g/mol. The zero-order valence-electron chi connectivity index (χ0n) is 8.40. The summed E-state index contributed by atoms with van der Waals surface area (Å²) in [6.07, 6.45) is 5.69. The van der Waals surface area contributed by atoms with Gasteiger partial charge in [0.2, 0.25) is 5.88 Å². The molecule has 0 amide bonds. The molecule has 14 heavy (non-hydrogen) atoms. The van der Waals surface area contributed by atoms with E-state index in [2.05, 4.69) is 16.9 Å². The Kier molecular flexibility index (Phi) is 2.35. The average Bonchev–Trinajstić information content (AvgIpc) is 2.66. The van der Waals surface area contributed by atoms with Crippen LogP contribution in [0.5, 0.6) is 5.88 Å². The van der Waals surface area contributed by atoms with Crippen LogP contribution in [0.25, 0.3) is 5.65 Å². The van der Waals surface area contributed by atoms with Crippen LogP contribution < -0.4 is 4.74 Å². The molecular formula is C10H13N3O. The van der Waals surface area contributed by atoms with Gasteiger partial charge in [0.25, 0.3) is 0 Å². The second-order valence-corrected chi connectivity index (χ2v) is 3.12. The highest BCUT2D eigenvalue weighted by atomic mass is 16.5. The highest BCUT2D eigenvalue weighted by Crippen LogP contribution is 2.13. The molecule has 0 saturated heterocycles. The molecule has 2 aromatic heterocycles. The molecule has 0 fully saturated rings. The second-order valence-electron chi connectivity index (χ2n) is 3.12. The van der Waals surface area contributed by atoms with Gasteiger partial charge in [-0.15, -0.1) is 0 Å². The normalized spacial score (nSPS) is 10.7. The smallest absolute Gasteiger partial charge is 0.218 e. The lowest BCUT2D eigenvalue weighted by atomic mass is 10.3. The Morgan fingerprint density at radius 1 is 1.50 bits per heavy atom. The Hall–Kier alpha value is -1.58. The van der Waals surface area contributed by atoms with E-state index in [9.17, 15) is 0 Å². The third-order valence-electron chi connectivity index (χ3n) is 2.12. The SMILES string of the molecule is CCCc1nc(OC)cc2nccn12. The van der Waals surface area contributed by atoms with Crippen molar-refractivity contribution >= 4 is 5.65 Å². The number of aromatic nitrogens is 3. The number of methoxy groups -OCH3 is 1. The molecule has 4 nitrogen and oxygen atoms in total. The zero-order chi connectivity index (χ0) is 9.97. The first kappa shape index (κ1) is 8.99. The van der Waals surface area contributed by atoms with Crippen LogP contribution in [0.15, 0.2) is 18.5 Å². The number of hydrogen-bond donors (Lipinski definition) is 0. The topological polar surface area (TPSA) is 39.4 Å². The number of ether oxygens (including phenoxy) is 1. The van der Waals surface area contributed by atoms with Gasteiger partial charge in [0.15, 0.2) is 0 Å². The lowest BCUT2D eigenvalue weighted by Crippen LogP contribution is -2.01. The molecule has 74 valence electrons. The predicted octanol–water partition coefficient (Wildman–Crippen LogP) is 1.69. The van der Waals surface area contributed by atoms with Crippen molar-refractivity contribution in [3.8, 4) is 5.88 Å². The Morgan fingerprint density at radius 2 is 2.36 bits per heavy atom. The molecule has 0 radical (unpaired) electrons. The molecule has 0 bridgehead atoms. The van der Waals surface area contributed by atoms with Gasteiger partial charge in [-0.3, -0.25) is 4.40 Å². The van der Waals surface area contributed by atoms with Gasteiger partial charge in [0.1, 0.15) is 11.5 Å². The van der Waals surface area contributed by atoms with Crippen LogP contribution in [-0.4, -0.2) is 21.5 Å². The first-order valence-electron chi connectivity index (χ1n) is 4.72. The fourth-order valence-corrected chi connectivity index (χ4v) is 1.47. The zero-order valence-corrected chi connectivity index (χ0v) is 8.40. The molecule has 2 aromatic rings. The standard InChI is InChI=1S/C10H13N3O/c1-3-4-8-12-10(14-2)7-9-11-5-6-13(8)9/h5-7H,3-4H2,1-2H3. The van der Waals surface area contributed by atoms with Crippen molar-refractivity contribution < 1.29 is 4.74 Å². The summed E-state index contributed by atoms with van der Waals surface area (Å²) in [6, 6.07) is 1.83. The summed E-state index contributed by atoms with van der Waals surface area (Å²) < 4.78 is 7.11. The van der Waals surface area contributed by atoms with Gasteiger partial charge < -0.3 is 4.74 Å². The highest BCUT2D eigenvalue weighted by Gasteiger charge is 2.05. The van der Waals surface area contributed by atoms with E-state index < -0.39 is 0 Å². The average molecular weight is 191 g/mol. The number of imidazole rings is 1. The van der Waals surface area contributed by atoms with Crippen LogP contribution in [0.2, 0.25) is 0 Å². The Balaban J connectivity index is 2.58. The number of rotatable bonds is 3. The summed E-state index contributed by atoms with van der Waals surface area (Å²) in [4.78, 5) is 8.60. The van der Waals surface area contributed by atoms with E-state index in [1.165, 1.54) is 0 Å². The lowest BCUT2D eigenvalue weighted by molar-refractivity contribution is 0.395. The Morgan fingerprint density at radius 3 is 3.07 bits per heavy atom. The predicted molar refractivity (Wildman–Crippen MR) is 53.5 cm³/mol. The van der Waals surface area contributed by atoms with E-state index in [1.807, 2.05) is 16.7 Å². The van der Waals surface area contributed by atoms with E-state index in [1.54, 1.807) is 13.3 Å². The molecule has 0 N–H and O–H groups in total. The molecule has 0 aliphatic heterocycles. The minimum absolute atomic E-state index is 0.632. The van der Waals surface area contributed by atoms with Crippen molar-refractivity contribution in [2.24, 2.45) is 0 Å². The highest BCUT2D eigenvalue weighted by molar-refractivity contribution is 5.42. The molecule has 0 saturated carbocycles. The summed E-state index contributed by atoms with van der Waals surface area (Å²) in [7, 11) is 1.62. The van der Waals surface area contributed by atoms with E-state index in [4.69, 9.17) is 4.74 Å². The lowest BCUT2D eigenvalue weighted by Gasteiger charge is -2.05. The van der Waals surface area contributed by atoms with Crippen LogP contribution >= 0.6 is 0 Å². The largest absolute Gasteiger partial charge is 0.481 e. The fourth-order valence-electron chi connectivity index (χ4n) is 1.47. The Labute approximate surface area is 82.6 Å². The van der Waals surface area contributed by atoms with Gasteiger partial charge >= 0.3 is 0 Å². The maximum atomic E-state index is 5.11. The summed E-state index contributed by atoms with van der Waals surface area (Å²) >= 11 is 0. The Bertz CT molecular complexity index is 436. The minimum Gasteiger partial charge on any atom is -0.481 e. The van der Waals surface area contributed by atoms with Crippen molar-refractivity contribution in [3.05, 3.63) is 24.3 Å². The summed E-state index contributed by atoms with van der Waals surface area (Å²) in [5.41, 5.74) is 0.889. The molecule has 2 heterocycles. The first-order valence-corrected chi connectivity index (χ1v) is 4.72. The van der Waals surface area contributed by atoms with Gasteiger partial charge in [-0.05, 0) is 6.42 Å². The van der Waals surface area contributed by atoms with E-state index in [-0.39, 0.29) is 0 Å². The third-order valence-corrected chi connectivity index (χ3v) is 2.12. The maximum Gasteiger partial charge on any atom is 0.218 e. The molecule has 0 aliphatic rings. The van der Waals surface area contributed by atoms with Crippen molar-refractivity contribution in [2.75, 3.05) is 7.11 Å². The van der Waals surface area contributed by atoms with E-state index in [0.717, 1.165) is 24.3 Å². The molecule has 0 aliphatic carbocycles. The van der Waals surface area contributed by atoms with Gasteiger partial charge in [-0.25, -0.2) is 4.98 Å². The molecule has 4 heteroatoms. The maximum absolute atomic E-state index is 5.11. The van der Waals surface area contributed by atoms with E-state index in [0.29, 0.717) is 5.88 Å². The number of hydrogen-bond acceptors (Lipinski definition) is 3. The van der Waals surface area contributed by atoms with Crippen LogP contribution in [0.1, 0.15) is 19.2 Å². The second kappa shape index (κ2) is 3.65. The van der Waals surface area contributed by atoms with Crippen molar-refractivity contribution in [1.82, 2.24) is 14.4 Å². The van der Waals surface area contributed by atoms with Gasteiger partial charge in [0, 0.05) is 24.9 Å². The van der Waals surface area contributed by atoms with Crippen LogP contribution in [0.3, 0.4) is 0 Å². The molecule has 0 spiro atoms. The van der Waals surface area contributed by atoms with Gasteiger partial charge in [0.05, 0.1) is 7.11 Å². The van der Waals surface area contributed by atoms with Gasteiger partial charge in [-0.1, -0.05) is 6.92 Å². The molecule has 0 atom stereocenters. The molecule has 0 aromatic carbocycles. The number of aryl methyl sites for hydroxylation is 1. The van der Waals surface area contributed by atoms with Crippen LogP contribution in [-0.2, 0) is 6.42 Å². The number of nitrogens with zero attached hydrogens (tertiary/aromatic N) is 3. The summed E-state index contributed by atoms with van der Waals surface area (Å²) in [5, 5.41) is 0. The van der Waals surface area contributed by atoms with Crippen molar-refractivity contribution in [2.45, 2.75) is 19.8 Å². The van der Waals surface area contributed by atoms with Crippen LogP contribution in [0, 0.1) is 0 Å². The van der Waals surface area contributed by atoms with Gasteiger partial charge in [-0.2, -0.15) is 4.98 Å². The molecule has 2 rings (SSSR count). The van der Waals surface area contributed by atoms with Crippen molar-refractivity contribution in [1.29, 1.82) is 0 Å². The van der Waals surface area contributed by atoms with E-state index >= 15 is 0 Å². The van der Waals surface area contributed by atoms with Crippen LogP contribution in [0.4, 0.5) is 0 Å². The van der Waals surface area contributed by atoms with Crippen molar-refractivity contribution in [3.63, 3.8) is 0 Å². The quantitative estimate of drug-likeness (QED) is 0.741. The molecule has 0 unspecified atom stereocenters. The third kappa shape index (κ3) is 1.43. The summed E-state index contributed by atoms with van der Waals surface area (Å²) in [5.74, 6) is 1.63. The monoisotopic (exact) mass is 191 g/mol. The summed E-state index contributed by atoms with van der Waals surface area (Å²) in [6.45, 7) is 2.13. The minimum atomic E-state index is 0.632. The number of fused-ring (bicyclic) bond motifs is 1. The fraction of sp³-hybridized carbons (Fsp3) is 0.400. The first-order chi connectivity index (χ1) is 6.85.